The SMILES string of the molecule is CCOc1ccc(N=c2scc(C)n2N=Cc2cc3c(cc2[N+](=O)[O-])OCO3)cc1. The molecule has 0 N–H and O–H groups in total. The maximum absolute atomic E-state index is 11.4. The summed E-state index contributed by atoms with van der Waals surface area (Å²) in [5.41, 5.74) is 1.80. The normalized spacial score (nSPS) is 13.2. The molecule has 10 heteroatoms. The average molecular weight is 426 g/mol. The van der Waals surface area contributed by atoms with Crippen LogP contribution in [0.1, 0.15) is 18.2 Å². The van der Waals surface area contributed by atoms with Crippen molar-refractivity contribution in [1.82, 2.24) is 4.68 Å². The van der Waals surface area contributed by atoms with Gasteiger partial charge >= 0.3 is 0 Å². The monoisotopic (exact) mass is 426 g/mol. The van der Waals surface area contributed by atoms with Crippen molar-refractivity contribution in [3.63, 3.8) is 0 Å². The number of nitrogens with zero attached hydrogens (tertiary/aromatic N) is 4. The summed E-state index contributed by atoms with van der Waals surface area (Å²) in [5, 5.41) is 17.8. The first-order valence-electron chi connectivity index (χ1n) is 9.12. The Kier molecular flexibility index (Phi) is 5.48. The zero-order valence-electron chi connectivity index (χ0n) is 16.3. The van der Waals surface area contributed by atoms with Crippen molar-refractivity contribution < 1.29 is 19.1 Å². The Hall–Kier alpha value is -3.66. The molecule has 1 aliphatic rings. The number of nitro benzene ring substituents is 1. The standard InChI is InChI=1S/C20H18N4O5S/c1-3-27-16-6-4-15(5-7-16)22-20-23(13(2)11-30-20)21-10-14-8-18-19(29-12-28-18)9-17(14)24(25)26/h4-11H,3,12H2,1-2H3. The van der Waals surface area contributed by atoms with Gasteiger partial charge in [0.1, 0.15) is 5.75 Å². The van der Waals surface area contributed by atoms with E-state index in [2.05, 4.69) is 10.1 Å². The van der Waals surface area contributed by atoms with Crippen molar-refractivity contribution in [1.29, 1.82) is 0 Å². The molecule has 0 atom stereocenters. The number of ether oxygens (including phenoxy) is 3. The lowest BCUT2D eigenvalue weighted by atomic mass is 10.1. The molecule has 0 saturated carbocycles. The van der Waals surface area contributed by atoms with E-state index in [0.29, 0.717) is 28.5 Å². The molecule has 0 unspecified atom stereocenters. The summed E-state index contributed by atoms with van der Waals surface area (Å²) in [6, 6.07) is 10.3. The fourth-order valence-corrected chi connectivity index (χ4v) is 3.65. The van der Waals surface area contributed by atoms with Gasteiger partial charge in [-0.15, -0.1) is 11.3 Å². The molecule has 154 valence electrons. The summed E-state index contributed by atoms with van der Waals surface area (Å²) in [6.45, 7) is 4.45. The van der Waals surface area contributed by atoms with Crippen molar-refractivity contribution in [2.24, 2.45) is 10.1 Å². The summed E-state index contributed by atoms with van der Waals surface area (Å²) in [4.78, 5) is 16.2. The molecular formula is C20H18N4O5S. The molecule has 0 bridgehead atoms. The number of nitro groups is 1. The van der Waals surface area contributed by atoms with E-state index in [0.717, 1.165) is 17.1 Å². The van der Waals surface area contributed by atoms with Gasteiger partial charge in [-0.1, -0.05) is 0 Å². The van der Waals surface area contributed by atoms with E-state index in [9.17, 15) is 10.1 Å². The van der Waals surface area contributed by atoms with Gasteiger partial charge in [0.25, 0.3) is 5.69 Å². The third-order valence-corrected chi connectivity index (χ3v) is 5.19. The summed E-state index contributed by atoms with van der Waals surface area (Å²) < 4.78 is 17.6. The van der Waals surface area contributed by atoms with Crippen molar-refractivity contribution in [2.45, 2.75) is 13.8 Å². The van der Waals surface area contributed by atoms with Gasteiger partial charge in [-0.25, -0.2) is 9.67 Å². The van der Waals surface area contributed by atoms with Gasteiger partial charge in [0, 0.05) is 5.38 Å². The van der Waals surface area contributed by atoms with Gasteiger partial charge in [-0.05, 0) is 44.2 Å². The molecule has 0 fully saturated rings. The van der Waals surface area contributed by atoms with E-state index < -0.39 is 4.92 Å². The summed E-state index contributed by atoms with van der Waals surface area (Å²) in [7, 11) is 0. The second kappa shape index (κ2) is 8.37. The first-order valence-corrected chi connectivity index (χ1v) is 10.00. The van der Waals surface area contributed by atoms with E-state index in [1.54, 1.807) is 10.7 Å². The number of aryl methyl sites for hydroxylation is 1. The van der Waals surface area contributed by atoms with Crippen LogP contribution < -0.4 is 19.0 Å². The molecule has 4 rings (SSSR count). The molecule has 0 aliphatic carbocycles. The molecule has 2 heterocycles. The predicted octanol–water partition coefficient (Wildman–Crippen LogP) is 4.01. The molecule has 0 saturated heterocycles. The van der Waals surface area contributed by atoms with Crippen molar-refractivity contribution >= 4 is 28.9 Å². The molecule has 1 aromatic heterocycles. The number of aromatic nitrogens is 1. The minimum absolute atomic E-state index is 0.0383. The van der Waals surface area contributed by atoms with Gasteiger partial charge in [0.05, 0.1) is 40.8 Å². The highest BCUT2D eigenvalue weighted by atomic mass is 32.1. The number of thiazole rings is 1. The van der Waals surface area contributed by atoms with Crippen LogP contribution in [0, 0.1) is 17.0 Å². The Balaban J connectivity index is 1.69. The summed E-state index contributed by atoms with van der Waals surface area (Å²) >= 11 is 1.42. The van der Waals surface area contributed by atoms with Crippen LogP contribution in [0.15, 0.2) is 51.9 Å². The molecule has 3 aromatic rings. The smallest absolute Gasteiger partial charge is 0.282 e. The third kappa shape index (κ3) is 4.03. The quantitative estimate of drug-likeness (QED) is 0.337. The molecule has 0 amide bonds. The number of hydrogen-bond acceptors (Lipinski definition) is 8. The van der Waals surface area contributed by atoms with Crippen LogP contribution in [-0.2, 0) is 0 Å². The Morgan fingerprint density at radius 2 is 2.00 bits per heavy atom. The van der Waals surface area contributed by atoms with E-state index in [-0.39, 0.29) is 12.5 Å². The fourth-order valence-electron chi connectivity index (χ4n) is 2.83. The van der Waals surface area contributed by atoms with E-state index in [1.165, 1.54) is 23.6 Å². The lowest BCUT2D eigenvalue weighted by Gasteiger charge is -2.03. The van der Waals surface area contributed by atoms with Crippen LogP contribution in [0.2, 0.25) is 0 Å². The van der Waals surface area contributed by atoms with Gasteiger partial charge in [0.15, 0.2) is 11.5 Å². The Labute approximate surface area is 175 Å². The lowest BCUT2D eigenvalue weighted by Crippen LogP contribution is -2.11. The number of fused-ring (bicyclic) bond motifs is 1. The Morgan fingerprint density at radius 1 is 1.27 bits per heavy atom. The van der Waals surface area contributed by atoms with Gasteiger partial charge < -0.3 is 14.2 Å². The Morgan fingerprint density at radius 3 is 2.70 bits per heavy atom. The van der Waals surface area contributed by atoms with Crippen LogP contribution in [0.25, 0.3) is 0 Å². The highest BCUT2D eigenvalue weighted by Gasteiger charge is 2.22. The maximum atomic E-state index is 11.4. The molecule has 2 aromatic carbocycles. The van der Waals surface area contributed by atoms with Gasteiger partial charge in [-0.2, -0.15) is 5.10 Å². The highest BCUT2D eigenvalue weighted by molar-refractivity contribution is 7.07. The molecule has 1 aliphatic heterocycles. The van der Waals surface area contributed by atoms with Crippen molar-refractivity contribution in [3.8, 4) is 17.2 Å². The largest absolute Gasteiger partial charge is 0.494 e. The number of benzene rings is 2. The molecular weight excluding hydrogens is 408 g/mol. The number of rotatable bonds is 6. The molecule has 0 radical (unpaired) electrons. The van der Waals surface area contributed by atoms with Gasteiger partial charge in [-0.3, -0.25) is 10.1 Å². The first kappa shape index (κ1) is 19.6. The van der Waals surface area contributed by atoms with Crippen molar-refractivity contribution in [3.05, 3.63) is 68.0 Å². The predicted molar refractivity (Wildman–Crippen MR) is 112 cm³/mol. The van der Waals surface area contributed by atoms with Gasteiger partial charge in [0.2, 0.25) is 11.6 Å². The molecule has 9 nitrogen and oxygen atoms in total. The van der Waals surface area contributed by atoms with E-state index in [4.69, 9.17) is 14.2 Å². The van der Waals surface area contributed by atoms with Crippen molar-refractivity contribution in [2.75, 3.05) is 13.4 Å². The fraction of sp³-hybridized carbons (Fsp3) is 0.200. The summed E-state index contributed by atoms with van der Waals surface area (Å²) in [6.07, 6.45) is 1.43. The van der Waals surface area contributed by atoms with Crippen LogP contribution in [0.3, 0.4) is 0 Å². The van der Waals surface area contributed by atoms with Crippen LogP contribution in [-0.4, -0.2) is 29.2 Å². The van der Waals surface area contributed by atoms with Crippen LogP contribution in [0.5, 0.6) is 17.2 Å². The third-order valence-electron chi connectivity index (χ3n) is 4.25. The molecule has 0 spiro atoms. The number of hydrogen-bond donors (Lipinski definition) is 0. The summed E-state index contributed by atoms with van der Waals surface area (Å²) in [5.74, 6) is 1.58. The maximum Gasteiger partial charge on any atom is 0.282 e. The minimum atomic E-state index is -0.473. The van der Waals surface area contributed by atoms with Crippen LogP contribution >= 0.6 is 11.3 Å². The Bertz CT molecular complexity index is 1180. The minimum Gasteiger partial charge on any atom is -0.494 e. The molecule has 30 heavy (non-hydrogen) atoms. The lowest BCUT2D eigenvalue weighted by molar-refractivity contribution is -0.385. The topological polar surface area (TPSA) is 100 Å². The second-order valence-corrected chi connectivity index (χ2v) is 7.11. The second-order valence-electron chi connectivity index (χ2n) is 6.28. The zero-order valence-corrected chi connectivity index (χ0v) is 17.1. The van der Waals surface area contributed by atoms with E-state index >= 15 is 0 Å². The average Bonchev–Trinajstić information content (AvgIpc) is 3.33. The van der Waals surface area contributed by atoms with E-state index in [1.807, 2.05) is 43.5 Å². The zero-order chi connectivity index (χ0) is 21.1. The van der Waals surface area contributed by atoms with Crippen LogP contribution in [0.4, 0.5) is 11.4 Å². The highest BCUT2D eigenvalue weighted by Crippen LogP contribution is 2.37. The first-order chi connectivity index (χ1) is 14.5.